The van der Waals surface area contributed by atoms with E-state index in [4.69, 9.17) is 4.98 Å². The van der Waals surface area contributed by atoms with E-state index < -0.39 is 6.10 Å². The maximum absolute atomic E-state index is 11.0. The lowest BCUT2D eigenvalue weighted by Crippen LogP contribution is -2.11. The van der Waals surface area contributed by atoms with Gasteiger partial charge in [-0.25, -0.2) is 4.98 Å². The van der Waals surface area contributed by atoms with Gasteiger partial charge >= 0.3 is 0 Å². The van der Waals surface area contributed by atoms with Crippen LogP contribution >= 0.6 is 0 Å². The first kappa shape index (κ1) is 16.5. The van der Waals surface area contributed by atoms with Crippen LogP contribution in [-0.2, 0) is 13.6 Å². The Kier molecular flexibility index (Phi) is 4.09. The molecule has 1 unspecified atom stereocenters. The van der Waals surface area contributed by atoms with Crippen LogP contribution in [0, 0.1) is 13.8 Å². The third-order valence-electron chi connectivity index (χ3n) is 4.80. The van der Waals surface area contributed by atoms with Crippen molar-refractivity contribution in [3.8, 4) is 0 Å². The van der Waals surface area contributed by atoms with Crippen LogP contribution in [0.3, 0.4) is 0 Å². The fourth-order valence-corrected chi connectivity index (χ4v) is 3.34. The number of rotatable bonds is 4. The molecule has 4 aromatic rings. The predicted molar refractivity (Wildman–Crippen MR) is 102 cm³/mol. The molecule has 0 fully saturated rings. The van der Waals surface area contributed by atoms with E-state index in [1.807, 2.05) is 37.5 Å². The number of aromatic nitrogens is 4. The van der Waals surface area contributed by atoms with Crippen molar-refractivity contribution in [1.82, 2.24) is 19.3 Å². The molecule has 4 rings (SSSR count). The third kappa shape index (κ3) is 2.91. The monoisotopic (exact) mass is 346 g/mol. The van der Waals surface area contributed by atoms with Crippen LogP contribution in [0.1, 0.15) is 34.2 Å². The Balaban J connectivity index is 1.85. The summed E-state index contributed by atoms with van der Waals surface area (Å²) in [5.74, 6) is 0.639. The summed E-state index contributed by atoms with van der Waals surface area (Å²) in [4.78, 5) is 4.72. The molecule has 1 N–H and O–H groups in total. The molecule has 2 aromatic carbocycles. The summed E-state index contributed by atoms with van der Waals surface area (Å²) < 4.78 is 3.80. The van der Waals surface area contributed by atoms with Gasteiger partial charge in [0.15, 0.2) is 0 Å². The van der Waals surface area contributed by atoms with E-state index in [-0.39, 0.29) is 0 Å². The second kappa shape index (κ2) is 6.42. The summed E-state index contributed by atoms with van der Waals surface area (Å²) in [6, 6.07) is 14.5. The molecule has 5 nitrogen and oxygen atoms in total. The van der Waals surface area contributed by atoms with Crippen LogP contribution in [0.4, 0.5) is 0 Å². The smallest absolute Gasteiger partial charge is 0.143 e. The highest BCUT2D eigenvalue weighted by molar-refractivity contribution is 5.76. The quantitative estimate of drug-likeness (QED) is 0.615. The highest BCUT2D eigenvalue weighted by Crippen LogP contribution is 2.27. The van der Waals surface area contributed by atoms with Gasteiger partial charge < -0.3 is 9.67 Å². The van der Waals surface area contributed by atoms with E-state index in [1.54, 1.807) is 10.9 Å². The van der Waals surface area contributed by atoms with Crippen LogP contribution in [0.5, 0.6) is 0 Å². The molecular weight excluding hydrogens is 324 g/mol. The second-order valence-corrected chi connectivity index (χ2v) is 6.82. The Morgan fingerprint density at radius 3 is 2.69 bits per heavy atom. The molecule has 1 atom stereocenters. The van der Waals surface area contributed by atoms with E-state index in [2.05, 4.69) is 41.7 Å². The number of imidazole rings is 1. The second-order valence-electron chi connectivity index (χ2n) is 6.82. The van der Waals surface area contributed by atoms with Gasteiger partial charge in [0, 0.05) is 25.4 Å². The van der Waals surface area contributed by atoms with Crippen LogP contribution < -0.4 is 0 Å². The van der Waals surface area contributed by atoms with Gasteiger partial charge in [-0.15, -0.1) is 0 Å². The molecule has 26 heavy (non-hydrogen) atoms. The molecule has 132 valence electrons. The highest BCUT2D eigenvalue weighted by Gasteiger charge is 2.21. The molecule has 2 aromatic heterocycles. The van der Waals surface area contributed by atoms with Gasteiger partial charge in [0.2, 0.25) is 0 Å². The van der Waals surface area contributed by atoms with Crippen LogP contribution in [0.2, 0.25) is 0 Å². The topological polar surface area (TPSA) is 55.9 Å². The molecule has 0 bridgehead atoms. The lowest BCUT2D eigenvalue weighted by Gasteiger charge is -2.15. The summed E-state index contributed by atoms with van der Waals surface area (Å²) in [5.41, 5.74) is 6.33. The van der Waals surface area contributed by atoms with Crippen molar-refractivity contribution in [2.24, 2.45) is 7.05 Å². The molecule has 2 heterocycles. The van der Waals surface area contributed by atoms with Crippen LogP contribution in [-0.4, -0.2) is 24.4 Å². The molecule has 0 aliphatic heterocycles. The molecule has 0 amide bonds. The minimum atomic E-state index is -0.818. The number of aliphatic hydroxyl groups is 1. The number of aryl methyl sites for hydroxylation is 3. The van der Waals surface area contributed by atoms with E-state index in [0.717, 1.165) is 16.6 Å². The lowest BCUT2D eigenvalue weighted by atomic mass is 10.1. The predicted octanol–water partition coefficient (Wildman–Crippen LogP) is 3.52. The Morgan fingerprint density at radius 2 is 1.92 bits per heavy atom. The Hall–Kier alpha value is -2.92. The van der Waals surface area contributed by atoms with Crippen molar-refractivity contribution in [2.45, 2.75) is 26.5 Å². The molecule has 0 radical (unpaired) electrons. The fraction of sp³-hybridized carbons (Fsp3) is 0.238. The molecular formula is C21H22N4O. The van der Waals surface area contributed by atoms with Crippen molar-refractivity contribution in [3.63, 3.8) is 0 Å². The molecule has 5 heteroatoms. The van der Waals surface area contributed by atoms with Crippen molar-refractivity contribution in [3.05, 3.63) is 82.9 Å². The van der Waals surface area contributed by atoms with Crippen LogP contribution in [0.15, 0.2) is 54.9 Å². The summed E-state index contributed by atoms with van der Waals surface area (Å²) in [7, 11) is 1.84. The normalized spacial score (nSPS) is 12.6. The standard InChI is InChI=1S/C21H22N4O/c1-14-8-9-15(2)16(10-14)13-25-19-7-5-4-6-18(19)23-21(25)20(26)17-11-22-24(3)12-17/h4-12,20,26H,13H2,1-3H3. The zero-order valence-electron chi connectivity index (χ0n) is 15.2. The van der Waals surface area contributed by atoms with Crippen LogP contribution in [0.25, 0.3) is 11.0 Å². The molecule has 0 saturated carbocycles. The summed E-state index contributed by atoms with van der Waals surface area (Å²) in [6.45, 7) is 4.88. The Morgan fingerprint density at radius 1 is 1.12 bits per heavy atom. The number of hydrogen-bond donors (Lipinski definition) is 1. The number of aliphatic hydroxyl groups excluding tert-OH is 1. The first-order valence-electron chi connectivity index (χ1n) is 8.71. The van der Waals surface area contributed by atoms with Crippen molar-refractivity contribution in [1.29, 1.82) is 0 Å². The maximum Gasteiger partial charge on any atom is 0.143 e. The SMILES string of the molecule is Cc1ccc(C)c(Cn2c(C(O)c3cnn(C)c3)nc3ccccc32)c1. The van der Waals surface area contributed by atoms with Gasteiger partial charge in [-0.3, -0.25) is 4.68 Å². The number of hydrogen-bond acceptors (Lipinski definition) is 3. The summed E-state index contributed by atoms with van der Waals surface area (Å²) >= 11 is 0. The molecule has 0 saturated heterocycles. The van der Waals surface area contributed by atoms with Gasteiger partial charge in [-0.1, -0.05) is 35.9 Å². The van der Waals surface area contributed by atoms with Crippen molar-refractivity contribution in [2.75, 3.05) is 0 Å². The van der Waals surface area contributed by atoms with Gasteiger partial charge in [0.05, 0.1) is 17.2 Å². The van der Waals surface area contributed by atoms with E-state index in [9.17, 15) is 5.11 Å². The number of para-hydroxylation sites is 2. The first-order chi connectivity index (χ1) is 12.5. The fourth-order valence-electron chi connectivity index (χ4n) is 3.34. The summed E-state index contributed by atoms with van der Waals surface area (Å²) in [6.07, 6.45) is 2.69. The van der Waals surface area contributed by atoms with Crippen molar-refractivity contribution < 1.29 is 5.11 Å². The van der Waals surface area contributed by atoms with Gasteiger partial charge in [0.1, 0.15) is 11.9 Å². The highest BCUT2D eigenvalue weighted by atomic mass is 16.3. The van der Waals surface area contributed by atoms with Gasteiger partial charge in [-0.2, -0.15) is 5.10 Å². The van der Waals surface area contributed by atoms with Gasteiger partial charge in [0.25, 0.3) is 0 Å². The zero-order chi connectivity index (χ0) is 18.3. The van der Waals surface area contributed by atoms with E-state index in [0.29, 0.717) is 12.4 Å². The number of fused-ring (bicyclic) bond motifs is 1. The van der Waals surface area contributed by atoms with E-state index in [1.165, 1.54) is 16.7 Å². The molecule has 0 aliphatic rings. The molecule has 0 spiro atoms. The van der Waals surface area contributed by atoms with Gasteiger partial charge in [-0.05, 0) is 37.1 Å². The minimum Gasteiger partial charge on any atom is -0.380 e. The lowest BCUT2D eigenvalue weighted by molar-refractivity contribution is 0.206. The number of benzene rings is 2. The average Bonchev–Trinajstić information content (AvgIpc) is 3.22. The largest absolute Gasteiger partial charge is 0.380 e. The van der Waals surface area contributed by atoms with E-state index >= 15 is 0 Å². The first-order valence-corrected chi connectivity index (χ1v) is 8.71. The maximum atomic E-state index is 11.0. The third-order valence-corrected chi connectivity index (χ3v) is 4.80. The minimum absolute atomic E-state index is 0.639. The average molecular weight is 346 g/mol. The Labute approximate surface area is 152 Å². The molecule has 0 aliphatic carbocycles. The zero-order valence-corrected chi connectivity index (χ0v) is 15.2. The number of nitrogens with zero attached hydrogens (tertiary/aromatic N) is 4. The van der Waals surface area contributed by atoms with Crippen molar-refractivity contribution >= 4 is 11.0 Å². The Bertz CT molecular complexity index is 1080. The summed E-state index contributed by atoms with van der Waals surface area (Å²) in [5, 5.41) is 15.1.